The second-order valence-electron chi connectivity index (χ2n) is 4.48. The van der Waals surface area contributed by atoms with Crippen LogP contribution in [-0.4, -0.2) is 32.1 Å². The lowest BCUT2D eigenvalue weighted by atomic mass is 10.1. The molecule has 4 nitrogen and oxygen atoms in total. The topological polar surface area (TPSA) is 41.6 Å². The van der Waals surface area contributed by atoms with Gasteiger partial charge in [-0.25, -0.2) is 0 Å². The molecule has 2 heterocycles. The Labute approximate surface area is 101 Å². The smallest absolute Gasteiger partial charge is 0.255 e. The van der Waals surface area contributed by atoms with E-state index in [2.05, 4.69) is 10.2 Å². The molecule has 2 aliphatic heterocycles. The van der Waals surface area contributed by atoms with Crippen molar-refractivity contribution in [2.45, 2.75) is 12.8 Å². The van der Waals surface area contributed by atoms with Gasteiger partial charge in [0.05, 0.1) is 12.1 Å². The summed E-state index contributed by atoms with van der Waals surface area (Å²) >= 11 is 0. The highest BCUT2D eigenvalue weighted by Crippen LogP contribution is 2.28. The lowest BCUT2D eigenvalue weighted by Crippen LogP contribution is -2.24. The Hall–Kier alpha value is -1.71. The van der Waals surface area contributed by atoms with Crippen LogP contribution in [0.4, 0.5) is 5.69 Å². The summed E-state index contributed by atoms with van der Waals surface area (Å²) in [5.74, 6) is 0.668. The number of rotatable bonds is 1. The summed E-state index contributed by atoms with van der Waals surface area (Å²) in [6, 6.07) is 5.90. The fraction of sp³-hybridized carbons (Fsp3) is 0.462. The summed E-state index contributed by atoms with van der Waals surface area (Å²) in [5.41, 5.74) is 1.79. The average Bonchev–Trinajstić information content (AvgIpc) is 2.82. The van der Waals surface area contributed by atoms with Gasteiger partial charge in [-0.3, -0.25) is 4.79 Å². The molecule has 1 aromatic carbocycles. The Bertz CT molecular complexity index is 439. The number of anilines is 1. The van der Waals surface area contributed by atoms with Gasteiger partial charge >= 0.3 is 0 Å². The third-order valence-corrected chi connectivity index (χ3v) is 3.32. The van der Waals surface area contributed by atoms with Gasteiger partial charge in [-0.2, -0.15) is 0 Å². The molecule has 2 aliphatic rings. The van der Waals surface area contributed by atoms with E-state index in [1.807, 2.05) is 18.2 Å². The highest BCUT2D eigenvalue weighted by molar-refractivity contribution is 5.98. The van der Waals surface area contributed by atoms with Gasteiger partial charge in [0, 0.05) is 18.8 Å². The molecule has 0 radical (unpaired) electrons. The van der Waals surface area contributed by atoms with Crippen molar-refractivity contribution in [3.8, 4) is 5.75 Å². The standard InChI is InChI=1S/C13H16N2O2/c16-13-11-9-10(15-6-1-2-7-15)3-4-12(11)17-8-5-14-13/h3-4,9H,1-2,5-8H2,(H,14,16). The van der Waals surface area contributed by atoms with Gasteiger partial charge in [-0.15, -0.1) is 0 Å². The molecule has 0 aliphatic carbocycles. The van der Waals surface area contributed by atoms with E-state index in [9.17, 15) is 4.79 Å². The normalized spacial score (nSPS) is 19.3. The van der Waals surface area contributed by atoms with Crippen LogP contribution in [0, 0.1) is 0 Å². The first-order valence-electron chi connectivity index (χ1n) is 6.14. The number of nitrogens with zero attached hydrogens (tertiary/aromatic N) is 1. The molecule has 1 fully saturated rings. The molecule has 1 saturated heterocycles. The zero-order valence-corrected chi connectivity index (χ0v) is 9.74. The van der Waals surface area contributed by atoms with Crippen LogP contribution in [0.1, 0.15) is 23.2 Å². The fourth-order valence-corrected chi connectivity index (χ4v) is 2.41. The maximum atomic E-state index is 11.9. The van der Waals surface area contributed by atoms with E-state index in [0.717, 1.165) is 18.8 Å². The molecular weight excluding hydrogens is 216 g/mol. The maximum absolute atomic E-state index is 11.9. The van der Waals surface area contributed by atoms with Crippen molar-refractivity contribution in [2.75, 3.05) is 31.1 Å². The number of ether oxygens (including phenoxy) is 1. The van der Waals surface area contributed by atoms with Crippen LogP contribution in [0.15, 0.2) is 18.2 Å². The molecule has 0 aromatic heterocycles. The van der Waals surface area contributed by atoms with Crippen molar-refractivity contribution >= 4 is 11.6 Å². The minimum absolute atomic E-state index is 0.0291. The van der Waals surface area contributed by atoms with Gasteiger partial charge in [-0.1, -0.05) is 0 Å². The van der Waals surface area contributed by atoms with E-state index in [0.29, 0.717) is 24.5 Å². The van der Waals surface area contributed by atoms with Crippen molar-refractivity contribution in [3.05, 3.63) is 23.8 Å². The monoisotopic (exact) mass is 232 g/mol. The minimum Gasteiger partial charge on any atom is -0.491 e. The lowest BCUT2D eigenvalue weighted by molar-refractivity contribution is 0.0957. The predicted octanol–water partition coefficient (Wildman–Crippen LogP) is 1.41. The molecule has 0 atom stereocenters. The first kappa shape index (κ1) is 10.4. The quantitative estimate of drug-likeness (QED) is 0.796. The number of hydrogen-bond acceptors (Lipinski definition) is 3. The van der Waals surface area contributed by atoms with Gasteiger partial charge < -0.3 is 15.0 Å². The first-order valence-corrected chi connectivity index (χ1v) is 6.14. The van der Waals surface area contributed by atoms with Crippen LogP contribution in [-0.2, 0) is 0 Å². The van der Waals surface area contributed by atoms with E-state index in [1.165, 1.54) is 12.8 Å². The zero-order chi connectivity index (χ0) is 11.7. The fourth-order valence-electron chi connectivity index (χ4n) is 2.41. The molecule has 1 amide bonds. The van der Waals surface area contributed by atoms with Gasteiger partial charge in [-0.05, 0) is 31.0 Å². The number of carbonyl (C=O) groups is 1. The third kappa shape index (κ3) is 1.95. The van der Waals surface area contributed by atoms with Crippen molar-refractivity contribution < 1.29 is 9.53 Å². The van der Waals surface area contributed by atoms with Crippen LogP contribution < -0.4 is 15.0 Å². The largest absolute Gasteiger partial charge is 0.491 e. The lowest BCUT2D eigenvalue weighted by Gasteiger charge is -2.18. The minimum atomic E-state index is -0.0291. The first-order chi connectivity index (χ1) is 8.34. The summed E-state index contributed by atoms with van der Waals surface area (Å²) in [6.07, 6.45) is 2.47. The molecule has 17 heavy (non-hydrogen) atoms. The Kier molecular flexibility index (Phi) is 2.63. The van der Waals surface area contributed by atoms with E-state index in [1.54, 1.807) is 0 Å². The predicted molar refractivity (Wildman–Crippen MR) is 65.7 cm³/mol. The molecule has 4 heteroatoms. The molecule has 0 saturated carbocycles. The second-order valence-corrected chi connectivity index (χ2v) is 4.48. The van der Waals surface area contributed by atoms with Gasteiger partial charge in [0.2, 0.25) is 0 Å². The molecule has 0 spiro atoms. The van der Waals surface area contributed by atoms with Gasteiger partial charge in [0.1, 0.15) is 12.4 Å². The van der Waals surface area contributed by atoms with E-state index < -0.39 is 0 Å². The van der Waals surface area contributed by atoms with E-state index in [4.69, 9.17) is 4.74 Å². The zero-order valence-electron chi connectivity index (χ0n) is 9.74. The maximum Gasteiger partial charge on any atom is 0.255 e. The van der Waals surface area contributed by atoms with Crippen molar-refractivity contribution in [2.24, 2.45) is 0 Å². The van der Waals surface area contributed by atoms with Gasteiger partial charge in [0.25, 0.3) is 5.91 Å². The van der Waals surface area contributed by atoms with Gasteiger partial charge in [0.15, 0.2) is 0 Å². The van der Waals surface area contributed by atoms with Crippen molar-refractivity contribution in [3.63, 3.8) is 0 Å². The Morgan fingerprint density at radius 3 is 2.88 bits per heavy atom. The summed E-state index contributed by atoms with van der Waals surface area (Å²) < 4.78 is 5.53. The molecule has 1 aromatic rings. The summed E-state index contributed by atoms with van der Waals surface area (Å²) in [4.78, 5) is 14.2. The number of nitrogens with one attached hydrogen (secondary N) is 1. The SMILES string of the molecule is O=C1NCCOc2ccc(N3CCCC3)cc21. The van der Waals surface area contributed by atoms with Crippen molar-refractivity contribution in [1.29, 1.82) is 0 Å². The third-order valence-electron chi connectivity index (χ3n) is 3.32. The summed E-state index contributed by atoms with van der Waals surface area (Å²) in [5, 5.41) is 2.84. The number of carbonyl (C=O) groups excluding carboxylic acids is 1. The molecule has 0 unspecified atom stereocenters. The molecular formula is C13H16N2O2. The van der Waals surface area contributed by atoms with Crippen LogP contribution in [0.3, 0.4) is 0 Å². The van der Waals surface area contributed by atoms with E-state index >= 15 is 0 Å². The Morgan fingerprint density at radius 1 is 1.24 bits per heavy atom. The molecule has 90 valence electrons. The van der Waals surface area contributed by atoms with E-state index in [-0.39, 0.29) is 5.91 Å². The molecule has 3 rings (SSSR count). The highest BCUT2D eigenvalue weighted by Gasteiger charge is 2.19. The number of amides is 1. The Morgan fingerprint density at radius 2 is 2.06 bits per heavy atom. The number of hydrogen-bond donors (Lipinski definition) is 1. The Balaban J connectivity index is 1.95. The number of benzene rings is 1. The van der Waals surface area contributed by atoms with Crippen LogP contribution >= 0.6 is 0 Å². The number of fused-ring (bicyclic) bond motifs is 1. The second kappa shape index (κ2) is 4.28. The molecule has 0 bridgehead atoms. The van der Waals surface area contributed by atoms with Crippen LogP contribution in [0.25, 0.3) is 0 Å². The van der Waals surface area contributed by atoms with Crippen molar-refractivity contribution in [1.82, 2.24) is 5.32 Å². The average molecular weight is 232 g/mol. The molecule has 1 N–H and O–H groups in total. The summed E-state index contributed by atoms with van der Waals surface area (Å²) in [6.45, 7) is 3.29. The summed E-state index contributed by atoms with van der Waals surface area (Å²) in [7, 11) is 0. The van der Waals surface area contributed by atoms with Crippen LogP contribution in [0.5, 0.6) is 5.75 Å². The van der Waals surface area contributed by atoms with Crippen LogP contribution in [0.2, 0.25) is 0 Å². The highest BCUT2D eigenvalue weighted by atomic mass is 16.5.